The molecule has 0 fully saturated rings. The van der Waals surface area contributed by atoms with Crippen LogP contribution >= 0.6 is 0 Å². The van der Waals surface area contributed by atoms with Crippen molar-refractivity contribution in [2.75, 3.05) is 0 Å². The first-order valence-corrected chi connectivity index (χ1v) is 3.46. The number of nitrogens with one attached hydrogen (secondary N) is 1. The van der Waals surface area contributed by atoms with Crippen molar-refractivity contribution in [2.45, 2.75) is 13.3 Å². The summed E-state index contributed by atoms with van der Waals surface area (Å²) in [7, 11) is 0. The van der Waals surface area contributed by atoms with Crippen molar-refractivity contribution in [3.63, 3.8) is 0 Å². The highest BCUT2D eigenvalue weighted by molar-refractivity contribution is 5.88. The molecule has 0 amide bonds. The van der Waals surface area contributed by atoms with Crippen molar-refractivity contribution < 1.29 is 9.90 Å². The number of nitrogens with zero attached hydrogens (tertiary/aromatic N) is 1. The van der Waals surface area contributed by atoms with Gasteiger partial charge in [-0.15, -0.1) is 0 Å². The van der Waals surface area contributed by atoms with Gasteiger partial charge in [0.25, 0.3) is 0 Å². The maximum atomic E-state index is 10.7. The molecule has 1 heterocycles. The normalized spacial score (nSPS) is 9.75. The van der Waals surface area contributed by atoms with E-state index in [2.05, 4.69) is 9.97 Å². The van der Waals surface area contributed by atoms with Gasteiger partial charge in [0, 0.05) is 11.9 Å². The summed E-state index contributed by atoms with van der Waals surface area (Å²) in [6.45, 7) is 1.76. The fourth-order valence-electron chi connectivity index (χ4n) is 0.893. The predicted molar refractivity (Wildman–Crippen MR) is 41.2 cm³/mol. The van der Waals surface area contributed by atoms with Crippen molar-refractivity contribution in [2.24, 2.45) is 0 Å². The molecule has 0 spiro atoms. The lowest BCUT2D eigenvalue weighted by molar-refractivity contribution is 0.0694. The Bertz CT molecular complexity index is 356. The van der Waals surface area contributed by atoms with Gasteiger partial charge in [-0.25, -0.2) is 14.6 Å². The standard InChI is InChI=1S/C7H8N2O3/c1-2-5-4(6(10)11)3-8-7(12)9-5/h3H,2H2,1H3,(H,10,11)(H,8,9,12). The second kappa shape index (κ2) is 3.17. The Hall–Kier alpha value is -1.65. The zero-order chi connectivity index (χ0) is 9.14. The Morgan fingerprint density at radius 2 is 2.42 bits per heavy atom. The van der Waals surface area contributed by atoms with Crippen molar-refractivity contribution in [1.29, 1.82) is 0 Å². The number of hydrogen-bond donors (Lipinski definition) is 2. The van der Waals surface area contributed by atoms with E-state index in [9.17, 15) is 9.59 Å². The van der Waals surface area contributed by atoms with Crippen molar-refractivity contribution >= 4 is 5.97 Å². The fraction of sp³-hybridized carbons (Fsp3) is 0.286. The summed E-state index contributed by atoms with van der Waals surface area (Å²) in [4.78, 5) is 26.9. The Labute approximate surface area is 68.1 Å². The Balaban J connectivity index is 3.29. The monoisotopic (exact) mass is 168 g/mol. The van der Waals surface area contributed by atoms with E-state index in [1.165, 1.54) is 0 Å². The van der Waals surface area contributed by atoms with E-state index in [4.69, 9.17) is 5.11 Å². The SMILES string of the molecule is CCc1[nH]c(=O)ncc1C(=O)O. The van der Waals surface area contributed by atoms with E-state index in [0.29, 0.717) is 12.1 Å². The molecule has 0 aliphatic rings. The molecule has 0 atom stereocenters. The lowest BCUT2D eigenvalue weighted by Gasteiger charge is -1.99. The maximum absolute atomic E-state index is 10.7. The van der Waals surface area contributed by atoms with Gasteiger partial charge in [0.1, 0.15) is 0 Å². The number of carbonyl (C=O) groups is 1. The van der Waals surface area contributed by atoms with Gasteiger partial charge in [0.15, 0.2) is 0 Å². The van der Waals surface area contributed by atoms with Gasteiger partial charge in [0.05, 0.1) is 5.56 Å². The largest absolute Gasteiger partial charge is 0.478 e. The molecule has 0 aromatic carbocycles. The highest BCUT2D eigenvalue weighted by Gasteiger charge is 2.08. The molecule has 0 aliphatic heterocycles. The number of carboxylic acids is 1. The molecule has 2 N–H and O–H groups in total. The predicted octanol–water partition coefficient (Wildman–Crippen LogP) is 0.0305. The van der Waals surface area contributed by atoms with Crippen molar-refractivity contribution in [1.82, 2.24) is 9.97 Å². The van der Waals surface area contributed by atoms with Crippen LogP contribution in [0.1, 0.15) is 23.0 Å². The Kier molecular flexibility index (Phi) is 2.23. The zero-order valence-corrected chi connectivity index (χ0v) is 6.50. The van der Waals surface area contributed by atoms with Gasteiger partial charge in [-0.2, -0.15) is 0 Å². The summed E-state index contributed by atoms with van der Waals surface area (Å²) in [6, 6.07) is 0. The Morgan fingerprint density at radius 1 is 1.75 bits per heavy atom. The minimum Gasteiger partial charge on any atom is -0.478 e. The van der Waals surface area contributed by atoms with Crippen molar-refractivity contribution in [3.05, 3.63) is 27.9 Å². The summed E-state index contributed by atoms with van der Waals surface area (Å²) in [5.74, 6) is -1.07. The molecule has 0 bridgehead atoms. The lowest BCUT2D eigenvalue weighted by Crippen LogP contribution is -2.16. The summed E-state index contributed by atoms with van der Waals surface area (Å²) in [5.41, 5.74) is -0.0588. The zero-order valence-electron chi connectivity index (χ0n) is 6.50. The number of H-pyrrole nitrogens is 1. The molecule has 0 unspecified atom stereocenters. The van der Waals surface area contributed by atoms with Crippen molar-refractivity contribution in [3.8, 4) is 0 Å². The van der Waals surface area contributed by atoms with E-state index < -0.39 is 11.7 Å². The van der Waals surface area contributed by atoms with Crippen LogP contribution in [0.15, 0.2) is 11.0 Å². The highest BCUT2D eigenvalue weighted by atomic mass is 16.4. The van der Waals surface area contributed by atoms with Gasteiger partial charge in [-0.05, 0) is 6.42 Å². The summed E-state index contributed by atoms with van der Waals surface area (Å²) < 4.78 is 0. The summed E-state index contributed by atoms with van der Waals surface area (Å²) in [5, 5.41) is 8.63. The van der Waals surface area contributed by atoms with Crippen LogP contribution in [0.3, 0.4) is 0 Å². The van der Waals surface area contributed by atoms with Crippen LogP contribution in [0.2, 0.25) is 0 Å². The number of aromatic carboxylic acids is 1. The molecule has 0 radical (unpaired) electrons. The third-order valence-corrected chi connectivity index (χ3v) is 1.48. The smallest absolute Gasteiger partial charge is 0.345 e. The second-order valence-corrected chi connectivity index (χ2v) is 2.24. The van der Waals surface area contributed by atoms with E-state index in [0.717, 1.165) is 6.20 Å². The lowest BCUT2D eigenvalue weighted by atomic mass is 10.2. The molecule has 64 valence electrons. The number of aromatic nitrogens is 2. The van der Waals surface area contributed by atoms with Gasteiger partial charge in [-0.3, -0.25) is 0 Å². The van der Waals surface area contributed by atoms with Crippen LogP contribution in [-0.2, 0) is 6.42 Å². The van der Waals surface area contributed by atoms with E-state index in [-0.39, 0.29) is 5.56 Å². The third kappa shape index (κ3) is 1.50. The van der Waals surface area contributed by atoms with E-state index in [1.54, 1.807) is 6.92 Å². The van der Waals surface area contributed by atoms with Crippen LogP contribution in [0.4, 0.5) is 0 Å². The minimum absolute atomic E-state index is 0.0529. The molecule has 5 nitrogen and oxygen atoms in total. The maximum Gasteiger partial charge on any atom is 0.345 e. The van der Waals surface area contributed by atoms with Gasteiger partial charge < -0.3 is 10.1 Å². The summed E-state index contributed by atoms with van der Waals surface area (Å²) >= 11 is 0. The van der Waals surface area contributed by atoms with E-state index >= 15 is 0 Å². The number of hydrogen-bond acceptors (Lipinski definition) is 3. The van der Waals surface area contributed by atoms with Crippen LogP contribution in [0, 0.1) is 0 Å². The molecule has 12 heavy (non-hydrogen) atoms. The molecule has 0 aliphatic carbocycles. The first-order valence-electron chi connectivity index (χ1n) is 3.46. The van der Waals surface area contributed by atoms with Gasteiger partial charge in [0.2, 0.25) is 0 Å². The minimum atomic E-state index is -1.07. The van der Waals surface area contributed by atoms with Crippen LogP contribution < -0.4 is 5.69 Å². The molecular weight excluding hydrogens is 160 g/mol. The van der Waals surface area contributed by atoms with Gasteiger partial charge >= 0.3 is 11.7 Å². The molecular formula is C7H8N2O3. The number of carboxylic acid groups (broad SMARTS) is 1. The van der Waals surface area contributed by atoms with Crippen LogP contribution in [0.25, 0.3) is 0 Å². The molecule has 1 rings (SSSR count). The molecule has 0 saturated carbocycles. The fourth-order valence-corrected chi connectivity index (χ4v) is 0.893. The van der Waals surface area contributed by atoms with Crippen LogP contribution in [-0.4, -0.2) is 21.0 Å². The average Bonchev–Trinajstić information content (AvgIpc) is 2.03. The van der Waals surface area contributed by atoms with Crippen LogP contribution in [0.5, 0.6) is 0 Å². The highest BCUT2D eigenvalue weighted by Crippen LogP contribution is 2.01. The number of aromatic amines is 1. The Morgan fingerprint density at radius 3 is 2.92 bits per heavy atom. The number of aryl methyl sites for hydroxylation is 1. The third-order valence-electron chi connectivity index (χ3n) is 1.48. The first-order chi connectivity index (χ1) is 5.65. The topological polar surface area (TPSA) is 83.0 Å². The average molecular weight is 168 g/mol. The summed E-state index contributed by atoms with van der Waals surface area (Å²) in [6.07, 6.45) is 1.54. The molecule has 1 aromatic heterocycles. The molecule has 0 saturated heterocycles. The first kappa shape index (κ1) is 8.45. The molecule has 5 heteroatoms. The van der Waals surface area contributed by atoms with Gasteiger partial charge in [-0.1, -0.05) is 6.92 Å². The molecule has 1 aromatic rings. The van der Waals surface area contributed by atoms with E-state index in [1.807, 2.05) is 0 Å². The quantitative estimate of drug-likeness (QED) is 0.652. The second-order valence-electron chi connectivity index (χ2n) is 2.24. The number of rotatable bonds is 2.